The van der Waals surface area contributed by atoms with Gasteiger partial charge in [0.15, 0.2) is 0 Å². The predicted molar refractivity (Wildman–Crippen MR) is 54.7 cm³/mol. The van der Waals surface area contributed by atoms with Crippen molar-refractivity contribution in [3.63, 3.8) is 0 Å². The SMILES string of the molecule is CNc1ncc2c(n1)CCC(C(=O)O)C2. The number of carbonyl (C=O) groups is 1. The number of hydrogen-bond donors (Lipinski definition) is 2. The molecule has 0 radical (unpaired) electrons. The molecule has 1 aliphatic rings. The van der Waals surface area contributed by atoms with E-state index >= 15 is 0 Å². The van der Waals surface area contributed by atoms with E-state index in [-0.39, 0.29) is 5.92 Å². The van der Waals surface area contributed by atoms with Crippen molar-refractivity contribution in [1.29, 1.82) is 0 Å². The lowest BCUT2D eigenvalue weighted by Gasteiger charge is -2.20. The molecule has 0 aromatic carbocycles. The standard InChI is InChI=1S/C10H13N3O2/c1-11-10-12-5-7-4-6(9(14)15)2-3-8(7)13-10/h5-6H,2-4H2,1H3,(H,14,15)(H,11,12,13). The van der Waals surface area contributed by atoms with Gasteiger partial charge in [-0.2, -0.15) is 0 Å². The molecule has 0 saturated heterocycles. The smallest absolute Gasteiger partial charge is 0.306 e. The van der Waals surface area contributed by atoms with Gasteiger partial charge in [-0.1, -0.05) is 0 Å². The molecule has 1 aromatic heterocycles. The lowest BCUT2D eigenvalue weighted by Crippen LogP contribution is -2.23. The lowest BCUT2D eigenvalue weighted by molar-refractivity contribution is -0.142. The Morgan fingerprint density at radius 2 is 2.47 bits per heavy atom. The highest BCUT2D eigenvalue weighted by molar-refractivity contribution is 5.70. The summed E-state index contributed by atoms with van der Waals surface area (Å²) >= 11 is 0. The molecule has 0 spiro atoms. The van der Waals surface area contributed by atoms with E-state index in [0.717, 1.165) is 17.7 Å². The Hall–Kier alpha value is -1.65. The fraction of sp³-hybridized carbons (Fsp3) is 0.500. The van der Waals surface area contributed by atoms with Crippen molar-refractivity contribution in [1.82, 2.24) is 9.97 Å². The zero-order valence-electron chi connectivity index (χ0n) is 8.53. The first-order valence-electron chi connectivity index (χ1n) is 4.96. The number of hydrogen-bond acceptors (Lipinski definition) is 4. The van der Waals surface area contributed by atoms with Gasteiger partial charge >= 0.3 is 5.97 Å². The Labute approximate surface area is 87.6 Å². The molecule has 2 N–H and O–H groups in total. The van der Waals surface area contributed by atoms with Crippen molar-refractivity contribution in [2.45, 2.75) is 19.3 Å². The van der Waals surface area contributed by atoms with Gasteiger partial charge in [-0.05, 0) is 24.8 Å². The number of fused-ring (bicyclic) bond motifs is 1. The van der Waals surface area contributed by atoms with Crippen molar-refractivity contribution in [2.75, 3.05) is 12.4 Å². The number of aliphatic carboxylic acids is 1. The van der Waals surface area contributed by atoms with Gasteiger partial charge in [-0.25, -0.2) is 9.97 Å². The molecule has 5 heteroatoms. The minimum Gasteiger partial charge on any atom is -0.481 e. The molecule has 0 saturated carbocycles. The maximum Gasteiger partial charge on any atom is 0.306 e. The Bertz CT molecular complexity index is 392. The average molecular weight is 207 g/mol. The van der Waals surface area contributed by atoms with Gasteiger partial charge in [0.2, 0.25) is 5.95 Å². The maximum atomic E-state index is 10.8. The largest absolute Gasteiger partial charge is 0.481 e. The third kappa shape index (κ3) is 1.91. The van der Waals surface area contributed by atoms with Crippen LogP contribution >= 0.6 is 0 Å². The number of rotatable bonds is 2. The van der Waals surface area contributed by atoms with E-state index in [1.807, 2.05) is 0 Å². The second kappa shape index (κ2) is 3.84. The van der Waals surface area contributed by atoms with Crippen LogP contribution in [0.3, 0.4) is 0 Å². The van der Waals surface area contributed by atoms with Crippen molar-refractivity contribution in [3.8, 4) is 0 Å². The summed E-state index contributed by atoms with van der Waals surface area (Å²) in [5.74, 6) is -0.401. The topological polar surface area (TPSA) is 75.1 Å². The number of nitrogens with zero attached hydrogens (tertiary/aromatic N) is 2. The zero-order valence-corrected chi connectivity index (χ0v) is 8.53. The lowest BCUT2D eigenvalue weighted by atomic mass is 9.87. The average Bonchev–Trinajstić information content (AvgIpc) is 2.27. The van der Waals surface area contributed by atoms with Crippen LogP contribution in [0.4, 0.5) is 5.95 Å². The molecule has 15 heavy (non-hydrogen) atoms. The summed E-state index contributed by atoms with van der Waals surface area (Å²) in [5, 5.41) is 11.8. The first-order valence-corrected chi connectivity index (χ1v) is 4.96. The molecule has 0 bridgehead atoms. The minimum atomic E-state index is -0.724. The zero-order chi connectivity index (χ0) is 10.8. The number of anilines is 1. The van der Waals surface area contributed by atoms with Crippen LogP contribution < -0.4 is 5.32 Å². The van der Waals surface area contributed by atoms with E-state index in [4.69, 9.17) is 5.11 Å². The highest BCUT2D eigenvalue weighted by Crippen LogP contribution is 2.24. The van der Waals surface area contributed by atoms with Crippen LogP contribution in [-0.4, -0.2) is 28.1 Å². The Balaban J connectivity index is 2.24. The summed E-state index contributed by atoms with van der Waals surface area (Å²) < 4.78 is 0. The van der Waals surface area contributed by atoms with Crippen molar-refractivity contribution in [3.05, 3.63) is 17.5 Å². The highest BCUT2D eigenvalue weighted by atomic mass is 16.4. The van der Waals surface area contributed by atoms with E-state index in [1.54, 1.807) is 13.2 Å². The number of nitrogens with one attached hydrogen (secondary N) is 1. The van der Waals surface area contributed by atoms with Crippen molar-refractivity contribution in [2.24, 2.45) is 5.92 Å². The molecule has 0 amide bonds. The Morgan fingerprint density at radius 1 is 1.67 bits per heavy atom. The van der Waals surface area contributed by atoms with E-state index in [9.17, 15) is 4.79 Å². The highest BCUT2D eigenvalue weighted by Gasteiger charge is 2.25. The summed E-state index contributed by atoms with van der Waals surface area (Å²) in [6.45, 7) is 0. The normalized spacial score (nSPS) is 19.4. The monoisotopic (exact) mass is 207 g/mol. The van der Waals surface area contributed by atoms with Gasteiger partial charge in [-0.15, -0.1) is 0 Å². The third-order valence-corrected chi connectivity index (χ3v) is 2.72. The number of aryl methyl sites for hydroxylation is 1. The molecule has 1 heterocycles. The van der Waals surface area contributed by atoms with Crippen LogP contribution in [0.15, 0.2) is 6.20 Å². The van der Waals surface area contributed by atoms with Gasteiger partial charge in [0, 0.05) is 18.9 Å². The summed E-state index contributed by atoms with van der Waals surface area (Å²) in [6, 6.07) is 0. The maximum absolute atomic E-state index is 10.8. The molecule has 5 nitrogen and oxygen atoms in total. The molecule has 0 aliphatic heterocycles. The minimum absolute atomic E-state index is 0.276. The molecular formula is C10H13N3O2. The second-order valence-electron chi connectivity index (χ2n) is 3.69. The molecule has 1 aromatic rings. The quantitative estimate of drug-likeness (QED) is 0.747. The van der Waals surface area contributed by atoms with Gasteiger partial charge in [-0.3, -0.25) is 4.79 Å². The van der Waals surface area contributed by atoms with Crippen LogP contribution in [0.25, 0.3) is 0 Å². The number of carboxylic acid groups (broad SMARTS) is 1. The second-order valence-corrected chi connectivity index (χ2v) is 3.69. The molecule has 1 unspecified atom stereocenters. The Morgan fingerprint density at radius 3 is 3.13 bits per heavy atom. The molecular weight excluding hydrogens is 194 g/mol. The van der Waals surface area contributed by atoms with Crippen molar-refractivity contribution < 1.29 is 9.90 Å². The molecule has 2 rings (SSSR count). The van der Waals surface area contributed by atoms with E-state index in [2.05, 4.69) is 15.3 Å². The van der Waals surface area contributed by atoms with E-state index in [0.29, 0.717) is 18.8 Å². The predicted octanol–water partition coefficient (Wildman–Crippen LogP) is 0.708. The summed E-state index contributed by atoms with van der Waals surface area (Å²) in [4.78, 5) is 19.2. The number of carboxylic acids is 1. The van der Waals surface area contributed by atoms with E-state index < -0.39 is 5.97 Å². The summed E-state index contributed by atoms with van der Waals surface area (Å²) in [6.07, 6.45) is 3.67. The van der Waals surface area contributed by atoms with Gasteiger partial charge in [0.05, 0.1) is 5.92 Å². The first kappa shape index (κ1) is 9.89. The molecule has 80 valence electrons. The third-order valence-electron chi connectivity index (χ3n) is 2.72. The fourth-order valence-corrected chi connectivity index (χ4v) is 1.84. The Kier molecular flexibility index (Phi) is 2.53. The van der Waals surface area contributed by atoms with Crippen LogP contribution in [0.5, 0.6) is 0 Å². The van der Waals surface area contributed by atoms with Gasteiger partial charge < -0.3 is 10.4 Å². The van der Waals surface area contributed by atoms with Crippen LogP contribution in [0.2, 0.25) is 0 Å². The molecule has 0 fully saturated rings. The first-order chi connectivity index (χ1) is 7.20. The van der Waals surface area contributed by atoms with Crippen LogP contribution in [0.1, 0.15) is 17.7 Å². The molecule has 1 aliphatic carbocycles. The molecule has 1 atom stereocenters. The van der Waals surface area contributed by atoms with Crippen LogP contribution in [-0.2, 0) is 17.6 Å². The summed E-state index contributed by atoms with van der Waals surface area (Å²) in [7, 11) is 1.77. The van der Waals surface area contributed by atoms with Crippen LogP contribution in [0, 0.1) is 5.92 Å². The summed E-state index contributed by atoms with van der Waals surface area (Å²) in [5.41, 5.74) is 1.94. The fourth-order valence-electron chi connectivity index (χ4n) is 1.84. The van der Waals surface area contributed by atoms with E-state index in [1.165, 1.54) is 0 Å². The van der Waals surface area contributed by atoms with Gasteiger partial charge in [0.1, 0.15) is 0 Å². The van der Waals surface area contributed by atoms with Crippen molar-refractivity contribution >= 4 is 11.9 Å². The van der Waals surface area contributed by atoms with Gasteiger partial charge in [0.25, 0.3) is 0 Å². The number of aromatic nitrogens is 2.